The molecule has 2 atom stereocenters. The molecule has 2 aliphatic rings. The molecule has 2 aliphatic heterocycles. The quantitative estimate of drug-likeness (QED) is 0.641. The number of pyridine rings is 1. The van der Waals surface area contributed by atoms with Crippen molar-refractivity contribution in [1.82, 2.24) is 20.1 Å². The van der Waals surface area contributed by atoms with Gasteiger partial charge in [-0.25, -0.2) is 14.1 Å². The minimum absolute atomic E-state index is 0.100. The van der Waals surface area contributed by atoms with Crippen molar-refractivity contribution in [3.63, 3.8) is 0 Å². The fourth-order valence-electron chi connectivity index (χ4n) is 4.98. The van der Waals surface area contributed by atoms with E-state index in [1.165, 1.54) is 18.2 Å². The fourth-order valence-corrected chi connectivity index (χ4v) is 4.98. The van der Waals surface area contributed by atoms with E-state index in [0.29, 0.717) is 29.8 Å². The van der Waals surface area contributed by atoms with Crippen molar-refractivity contribution < 1.29 is 14.3 Å². The molecule has 1 saturated heterocycles. The molecule has 4 heterocycles. The Morgan fingerprint density at radius 2 is 1.97 bits per heavy atom. The Morgan fingerprint density at radius 3 is 2.70 bits per heavy atom. The number of halogens is 1. The van der Waals surface area contributed by atoms with Gasteiger partial charge in [-0.1, -0.05) is 6.07 Å². The topological polar surface area (TPSA) is 107 Å². The molecule has 0 saturated carbocycles. The number of anilines is 1. The Kier molecular flexibility index (Phi) is 5.10. The molecule has 168 valence electrons. The first-order chi connectivity index (χ1) is 15.9. The van der Waals surface area contributed by atoms with Crippen molar-refractivity contribution in [1.29, 1.82) is 5.26 Å². The number of nitrogens with one attached hydrogen (secondary N) is 1. The number of carbonyl (C=O) groups is 1. The van der Waals surface area contributed by atoms with E-state index in [1.54, 1.807) is 16.9 Å². The van der Waals surface area contributed by atoms with Crippen LogP contribution in [0.5, 0.6) is 0 Å². The van der Waals surface area contributed by atoms with Gasteiger partial charge in [-0.15, -0.1) is 0 Å². The van der Waals surface area contributed by atoms with Crippen molar-refractivity contribution in [3.05, 3.63) is 59.2 Å². The smallest absolute Gasteiger partial charge is 0.255 e. The first-order valence-electron chi connectivity index (χ1n) is 10.9. The highest BCUT2D eigenvalue weighted by molar-refractivity contribution is 6.01. The number of fused-ring (bicyclic) bond motifs is 1. The molecule has 1 amide bonds. The van der Waals surface area contributed by atoms with E-state index >= 15 is 0 Å². The van der Waals surface area contributed by atoms with Crippen molar-refractivity contribution in [2.75, 3.05) is 4.90 Å². The van der Waals surface area contributed by atoms with E-state index in [9.17, 15) is 19.6 Å². The molecule has 0 spiro atoms. The molecule has 1 aromatic carbocycles. The fraction of sp³-hybridized carbons (Fsp3) is 0.333. The zero-order valence-electron chi connectivity index (χ0n) is 18.3. The number of amides is 1. The largest absolute Gasteiger partial charge is 0.393 e. The maximum atomic E-state index is 14.7. The van der Waals surface area contributed by atoms with Gasteiger partial charge in [0.1, 0.15) is 5.82 Å². The third-order valence-corrected chi connectivity index (χ3v) is 6.37. The van der Waals surface area contributed by atoms with Crippen LogP contribution < -0.4 is 10.2 Å². The van der Waals surface area contributed by atoms with E-state index in [2.05, 4.69) is 29.0 Å². The van der Waals surface area contributed by atoms with Crippen LogP contribution in [-0.2, 0) is 6.54 Å². The number of rotatable bonds is 3. The lowest BCUT2D eigenvalue weighted by Gasteiger charge is -2.41. The highest BCUT2D eigenvalue weighted by atomic mass is 19.1. The van der Waals surface area contributed by atoms with E-state index in [4.69, 9.17) is 5.10 Å². The first kappa shape index (κ1) is 21.1. The zero-order chi connectivity index (χ0) is 23.3. The summed E-state index contributed by atoms with van der Waals surface area (Å²) >= 11 is 0. The number of hydrogen-bond acceptors (Lipinski definition) is 6. The average molecular weight is 446 g/mol. The van der Waals surface area contributed by atoms with Gasteiger partial charge >= 0.3 is 0 Å². The molecule has 33 heavy (non-hydrogen) atoms. The van der Waals surface area contributed by atoms with Gasteiger partial charge in [-0.05, 0) is 44.9 Å². The highest BCUT2D eigenvalue weighted by Crippen LogP contribution is 2.33. The number of carbonyl (C=O) groups excluding carboxylic acids is 1. The van der Waals surface area contributed by atoms with Crippen LogP contribution in [-0.4, -0.2) is 44.0 Å². The average Bonchev–Trinajstić information content (AvgIpc) is 3.39. The molecule has 0 radical (unpaired) electrons. The minimum atomic E-state index is -0.555. The molecular weight excluding hydrogens is 423 g/mol. The van der Waals surface area contributed by atoms with Gasteiger partial charge in [-0.2, -0.15) is 10.4 Å². The molecule has 0 aliphatic carbocycles. The summed E-state index contributed by atoms with van der Waals surface area (Å²) in [5.74, 6) is -0.0931. The van der Waals surface area contributed by atoms with Crippen LogP contribution in [0.3, 0.4) is 0 Å². The predicted molar refractivity (Wildman–Crippen MR) is 119 cm³/mol. The lowest BCUT2D eigenvalue weighted by atomic mass is 9.95. The Bertz CT molecular complexity index is 1280. The Labute approximate surface area is 190 Å². The molecule has 2 N–H and O–H groups in total. The molecule has 1 fully saturated rings. The normalized spacial score (nSPS) is 22.1. The summed E-state index contributed by atoms with van der Waals surface area (Å²) in [6.07, 6.45) is 2.73. The maximum Gasteiger partial charge on any atom is 0.255 e. The number of aliphatic hydroxyl groups is 1. The van der Waals surface area contributed by atoms with Crippen molar-refractivity contribution in [2.24, 2.45) is 0 Å². The number of nitriles is 1. The van der Waals surface area contributed by atoms with Crippen molar-refractivity contribution >= 4 is 11.7 Å². The molecule has 0 bridgehead atoms. The second-order valence-electron chi connectivity index (χ2n) is 8.65. The van der Waals surface area contributed by atoms with Crippen LogP contribution in [0.25, 0.3) is 16.9 Å². The zero-order valence-corrected chi connectivity index (χ0v) is 18.3. The van der Waals surface area contributed by atoms with E-state index in [1.807, 2.05) is 12.1 Å². The minimum Gasteiger partial charge on any atom is -0.393 e. The van der Waals surface area contributed by atoms with Crippen molar-refractivity contribution in [3.8, 4) is 23.0 Å². The van der Waals surface area contributed by atoms with Gasteiger partial charge < -0.3 is 15.3 Å². The summed E-state index contributed by atoms with van der Waals surface area (Å²) in [6, 6.07) is 10.0. The second kappa shape index (κ2) is 7.98. The van der Waals surface area contributed by atoms with Gasteiger partial charge in [-0.3, -0.25) is 4.79 Å². The summed E-state index contributed by atoms with van der Waals surface area (Å²) in [5, 5.41) is 27.1. The van der Waals surface area contributed by atoms with Crippen LogP contribution in [0.15, 0.2) is 36.5 Å². The number of aliphatic hydroxyl groups excluding tert-OH is 1. The SMILES string of the molecule is CC1CC(O)CC(C)N1c1ccn(-c2cc(-c3c(F)cccc3C#N)nc3c2C(=O)NC3)n1. The van der Waals surface area contributed by atoms with E-state index in [0.717, 1.165) is 5.82 Å². The molecule has 8 nitrogen and oxygen atoms in total. The molecular formula is C24H23FN6O2. The van der Waals surface area contributed by atoms with Crippen LogP contribution in [0, 0.1) is 17.1 Å². The highest BCUT2D eigenvalue weighted by Gasteiger charge is 2.32. The maximum absolute atomic E-state index is 14.7. The van der Waals surface area contributed by atoms with Crippen LogP contribution >= 0.6 is 0 Å². The third-order valence-electron chi connectivity index (χ3n) is 6.37. The standard InChI is InChI=1S/C24H23FN6O2/c1-13-8-16(32)9-14(2)31(13)21-6-7-30(29-21)20-10-18(28-19-12-27-24(33)23(19)20)22-15(11-26)4-3-5-17(22)25/h3-7,10,13-14,16,32H,8-9,12H2,1-2H3,(H,27,33). The van der Waals surface area contributed by atoms with Gasteiger partial charge in [0.15, 0.2) is 5.82 Å². The van der Waals surface area contributed by atoms with Crippen molar-refractivity contribution in [2.45, 2.75) is 51.4 Å². The number of hydrogen-bond donors (Lipinski definition) is 2. The number of aromatic nitrogens is 3. The molecule has 5 rings (SSSR count). The summed E-state index contributed by atoms with van der Waals surface area (Å²) in [6.45, 7) is 4.32. The molecule has 9 heteroatoms. The number of benzene rings is 1. The molecule has 2 unspecified atom stereocenters. The Morgan fingerprint density at radius 1 is 1.21 bits per heavy atom. The van der Waals surface area contributed by atoms with E-state index < -0.39 is 5.82 Å². The van der Waals surface area contributed by atoms with Crippen LogP contribution in [0.2, 0.25) is 0 Å². The van der Waals surface area contributed by atoms with Gasteiger partial charge in [0.25, 0.3) is 5.91 Å². The third kappa shape index (κ3) is 3.52. The van der Waals surface area contributed by atoms with Crippen LogP contribution in [0.1, 0.15) is 48.3 Å². The Balaban J connectivity index is 1.63. The summed E-state index contributed by atoms with van der Waals surface area (Å²) in [5.41, 5.74) is 1.89. The Hall–Kier alpha value is -3.77. The molecule has 3 aromatic rings. The second-order valence-corrected chi connectivity index (χ2v) is 8.65. The predicted octanol–water partition coefficient (Wildman–Crippen LogP) is 2.93. The van der Waals surface area contributed by atoms with E-state index in [-0.39, 0.29) is 47.5 Å². The summed E-state index contributed by atoms with van der Waals surface area (Å²) < 4.78 is 16.3. The first-order valence-corrected chi connectivity index (χ1v) is 10.9. The number of nitrogens with zero attached hydrogens (tertiary/aromatic N) is 5. The van der Waals surface area contributed by atoms with Gasteiger partial charge in [0, 0.05) is 24.3 Å². The van der Waals surface area contributed by atoms with Gasteiger partial charge in [0.2, 0.25) is 0 Å². The summed E-state index contributed by atoms with van der Waals surface area (Å²) in [7, 11) is 0. The van der Waals surface area contributed by atoms with Gasteiger partial charge in [0.05, 0.1) is 52.5 Å². The monoisotopic (exact) mass is 446 g/mol. The lowest BCUT2D eigenvalue weighted by Crippen LogP contribution is -2.48. The lowest BCUT2D eigenvalue weighted by molar-refractivity contribution is 0.0965. The number of piperidine rings is 1. The molecule has 2 aromatic heterocycles. The van der Waals surface area contributed by atoms with Crippen LogP contribution in [0.4, 0.5) is 10.2 Å². The summed E-state index contributed by atoms with van der Waals surface area (Å²) in [4.78, 5) is 19.3.